The average molecular weight is 326 g/mol. The van der Waals surface area contributed by atoms with E-state index < -0.39 is 0 Å². The summed E-state index contributed by atoms with van der Waals surface area (Å²) in [7, 11) is 0. The molecule has 0 radical (unpaired) electrons. The number of Topliss-reactive ketones (excluding diaryl/α,β-unsaturated/α-hetero) is 1. The third-order valence-electron chi connectivity index (χ3n) is 4.38. The van der Waals surface area contributed by atoms with E-state index in [0.717, 1.165) is 22.7 Å². The lowest BCUT2D eigenvalue weighted by atomic mass is 10.1. The number of rotatable bonds is 7. The van der Waals surface area contributed by atoms with E-state index >= 15 is 0 Å². The van der Waals surface area contributed by atoms with Crippen LogP contribution in [0.3, 0.4) is 0 Å². The molecule has 0 unspecified atom stereocenters. The molecule has 1 aromatic carbocycles. The van der Waals surface area contributed by atoms with E-state index in [4.69, 9.17) is 4.74 Å². The number of aryl methyl sites for hydroxylation is 1. The van der Waals surface area contributed by atoms with Crippen molar-refractivity contribution in [3.8, 4) is 5.75 Å². The van der Waals surface area contributed by atoms with Crippen molar-refractivity contribution in [2.24, 2.45) is 0 Å². The Bertz CT molecular complexity index is 725. The molecule has 0 amide bonds. The first-order valence-corrected chi connectivity index (χ1v) is 8.68. The highest BCUT2D eigenvalue weighted by Crippen LogP contribution is 2.38. The second-order valence-electron chi connectivity index (χ2n) is 6.85. The molecule has 128 valence electrons. The van der Waals surface area contributed by atoms with Gasteiger partial charge in [-0.05, 0) is 70.9 Å². The minimum absolute atomic E-state index is 0.137. The van der Waals surface area contributed by atoms with Gasteiger partial charge >= 0.3 is 0 Å². The van der Waals surface area contributed by atoms with Crippen LogP contribution in [0.25, 0.3) is 0 Å². The first-order chi connectivity index (χ1) is 11.5. The molecule has 4 nitrogen and oxygen atoms in total. The third kappa shape index (κ3) is 3.64. The van der Waals surface area contributed by atoms with Gasteiger partial charge in [0.2, 0.25) is 0 Å². The predicted molar refractivity (Wildman–Crippen MR) is 97.2 cm³/mol. The van der Waals surface area contributed by atoms with E-state index in [9.17, 15) is 4.79 Å². The quantitative estimate of drug-likeness (QED) is 0.761. The second-order valence-corrected chi connectivity index (χ2v) is 6.85. The van der Waals surface area contributed by atoms with Gasteiger partial charge in [0, 0.05) is 28.7 Å². The maximum atomic E-state index is 12.6. The summed E-state index contributed by atoms with van der Waals surface area (Å²) in [6.07, 6.45) is 2.62. The van der Waals surface area contributed by atoms with Crippen LogP contribution in [-0.4, -0.2) is 23.0 Å². The number of nitrogens with zero attached hydrogens (tertiary/aromatic N) is 1. The highest BCUT2D eigenvalue weighted by molar-refractivity contribution is 6.00. The van der Waals surface area contributed by atoms with Gasteiger partial charge in [0.25, 0.3) is 0 Å². The molecular formula is C20H26N2O2. The SMILES string of the molecule is Cc1cc(C(=O)CNc2ccc(OC(C)C)cc2)c(C)n1C1CC1. The van der Waals surface area contributed by atoms with Gasteiger partial charge in [0.05, 0.1) is 12.6 Å². The van der Waals surface area contributed by atoms with Crippen molar-refractivity contribution in [3.05, 3.63) is 47.3 Å². The second kappa shape index (κ2) is 6.71. The molecule has 1 aliphatic rings. The van der Waals surface area contributed by atoms with Gasteiger partial charge in [-0.3, -0.25) is 4.79 Å². The van der Waals surface area contributed by atoms with E-state index in [2.05, 4.69) is 23.7 Å². The van der Waals surface area contributed by atoms with Crippen LogP contribution in [0, 0.1) is 13.8 Å². The zero-order valence-corrected chi connectivity index (χ0v) is 14.9. The minimum atomic E-state index is 0.137. The molecule has 0 atom stereocenters. The summed E-state index contributed by atoms with van der Waals surface area (Å²) in [5, 5.41) is 3.21. The minimum Gasteiger partial charge on any atom is -0.491 e. The number of aromatic nitrogens is 1. The Balaban J connectivity index is 1.62. The third-order valence-corrected chi connectivity index (χ3v) is 4.38. The van der Waals surface area contributed by atoms with E-state index in [0.29, 0.717) is 12.6 Å². The monoisotopic (exact) mass is 326 g/mol. The van der Waals surface area contributed by atoms with E-state index in [-0.39, 0.29) is 11.9 Å². The lowest BCUT2D eigenvalue weighted by molar-refractivity contribution is 0.101. The Hall–Kier alpha value is -2.23. The standard InChI is InChI=1S/C20H26N2O2/c1-13(2)24-18-9-5-16(6-10-18)21-12-20(23)19-11-14(3)22(15(19)4)17-7-8-17/h5-6,9-11,13,17,21H,7-8,12H2,1-4H3. The first-order valence-electron chi connectivity index (χ1n) is 8.68. The van der Waals surface area contributed by atoms with E-state index in [1.54, 1.807) is 0 Å². The molecule has 1 fully saturated rings. The molecule has 1 N–H and O–H groups in total. The Labute approximate surface area is 143 Å². The Kier molecular flexibility index (Phi) is 4.65. The maximum absolute atomic E-state index is 12.6. The molecule has 4 heteroatoms. The van der Waals surface area contributed by atoms with Crippen molar-refractivity contribution in [1.82, 2.24) is 4.57 Å². The fourth-order valence-corrected chi connectivity index (χ4v) is 3.16. The molecule has 1 aliphatic carbocycles. The number of nitrogens with one attached hydrogen (secondary N) is 1. The van der Waals surface area contributed by atoms with Gasteiger partial charge in [-0.2, -0.15) is 0 Å². The topological polar surface area (TPSA) is 43.3 Å². The lowest BCUT2D eigenvalue weighted by Crippen LogP contribution is -2.15. The van der Waals surface area contributed by atoms with E-state index in [1.165, 1.54) is 18.5 Å². The number of anilines is 1. The molecule has 3 rings (SSSR count). The Morgan fingerprint density at radius 3 is 2.50 bits per heavy atom. The average Bonchev–Trinajstić information content (AvgIpc) is 3.31. The van der Waals surface area contributed by atoms with Crippen molar-refractivity contribution in [3.63, 3.8) is 0 Å². The first kappa shape index (κ1) is 16.6. The molecule has 1 heterocycles. The highest BCUT2D eigenvalue weighted by Gasteiger charge is 2.28. The van der Waals surface area contributed by atoms with Gasteiger partial charge in [-0.15, -0.1) is 0 Å². The van der Waals surface area contributed by atoms with Crippen LogP contribution in [0.5, 0.6) is 5.75 Å². The van der Waals surface area contributed by atoms with Crippen molar-refractivity contribution in [2.75, 3.05) is 11.9 Å². The van der Waals surface area contributed by atoms with Crippen molar-refractivity contribution in [1.29, 1.82) is 0 Å². The van der Waals surface area contributed by atoms with Crippen LogP contribution >= 0.6 is 0 Å². The fraction of sp³-hybridized carbons (Fsp3) is 0.450. The number of hydrogen-bond donors (Lipinski definition) is 1. The zero-order valence-electron chi connectivity index (χ0n) is 14.9. The largest absolute Gasteiger partial charge is 0.491 e. The lowest BCUT2D eigenvalue weighted by Gasteiger charge is -2.11. The van der Waals surface area contributed by atoms with Crippen molar-refractivity contribution in [2.45, 2.75) is 52.7 Å². The van der Waals surface area contributed by atoms with Crippen molar-refractivity contribution < 1.29 is 9.53 Å². The normalized spacial score (nSPS) is 14.0. The van der Waals surface area contributed by atoms with Gasteiger partial charge in [0.15, 0.2) is 5.78 Å². The van der Waals surface area contributed by atoms with Gasteiger partial charge < -0.3 is 14.6 Å². The molecule has 24 heavy (non-hydrogen) atoms. The molecule has 0 bridgehead atoms. The fourth-order valence-electron chi connectivity index (χ4n) is 3.16. The van der Waals surface area contributed by atoms with Crippen LogP contribution in [0.1, 0.15) is 54.5 Å². The summed E-state index contributed by atoms with van der Waals surface area (Å²) >= 11 is 0. The Morgan fingerprint density at radius 1 is 1.25 bits per heavy atom. The number of carbonyl (C=O) groups excluding carboxylic acids is 1. The molecule has 0 spiro atoms. The summed E-state index contributed by atoms with van der Waals surface area (Å²) in [4.78, 5) is 12.6. The molecule has 1 aromatic heterocycles. The number of benzene rings is 1. The number of ketones is 1. The highest BCUT2D eigenvalue weighted by atomic mass is 16.5. The van der Waals surface area contributed by atoms with Crippen LogP contribution in [0.4, 0.5) is 5.69 Å². The van der Waals surface area contributed by atoms with Crippen LogP contribution in [0.2, 0.25) is 0 Å². The van der Waals surface area contributed by atoms with Gasteiger partial charge in [0.1, 0.15) is 5.75 Å². The van der Waals surface area contributed by atoms with Crippen LogP contribution in [0.15, 0.2) is 30.3 Å². The number of hydrogen-bond acceptors (Lipinski definition) is 3. The molecule has 0 aliphatic heterocycles. The summed E-state index contributed by atoms with van der Waals surface area (Å²) in [6, 6.07) is 10.4. The summed E-state index contributed by atoms with van der Waals surface area (Å²) in [6.45, 7) is 8.45. The van der Waals surface area contributed by atoms with Crippen LogP contribution < -0.4 is 10.1 Å². The molecule has 0 saturated heterocycles. The molecular weight excluding hydrogens is 300 g/mol. The molecule has 2 aromatic rings. The smallest absolute Gasteiger partial charge is 0.183 e. The predicted octanol–water partition coefficient (Wildman–Crippen LogP) is 4.52. The summed E-state index contributed by atoms with van der Waals surface area (Å²) < 4.78 is 7.94. The van der Waals surface area contributed by atoms with Crippen LogP contribution in [-0.2, 0) is 0 Å². The maximum Gasteiger partial charge on any atom is 0.183 e. The summed E-state index contributed by atoms with van der Waals surface area (Å²) in [5.41, 5.74) is 4.05. The van der Waals surface area contributed by atoms with Gasteiger partial charge in [-0.1, -0.05) is 0 Å². The molecule has 1 saturated carbocycles. The van der Waals surface area contributed by atoms with E-state index in [1.807, 2.05) is 44.2 Å². The Morgan fingerprint density at radius 2 is 1.92 bits per heavy atom. The summed E-state index contributed by atoms with van der Waals surface area (Å²) in [5.74, 6) is 0.979. The zero-order chi connectivity index (χ0) is 17.3. The van der Waals surface area contributed by atoms with Gasteiger partial charge in [-0.25, -0.2) is 0 Å². The number of carbonyl (C=O) groups is 1. The van der Waals surface area contributed by atoms with Crippen molar-refractivity contribution >= 4 is 11.5 Å². The number of ether oxygens (including phenoxy) is 1.